The van der Waals surface area contributed by atoms with Gasteiger partial charge in [0.15, 0.2) is 5.11 Å². The normalized spacial score (nSPS) is 23.8. The second-order valence-electron chi connectivity index (χ2n) is 2.96. The molecule has 1 atom stereocenters. The van der Waals surface area contributed by atoms with Crippen LogP contribution in [0.3, 0.4) is 0 Å². The molecule has 0 bridgehead atoms. The van der Waals surface area contributed by atoms with E-state index in [9.17, 15) is 0 Å². The lowest BCUT2D eigenvalue weighted by Crippen LogP contribution is -2.46. The Bertz CT molecular complexity index is 161. The molecule has 1 saturated heterocycles. The van der Waals surface area contributed by atoms with Gasteiger partial charge in [-0.15, -0.1) is 0 Å². The van der Waals surface area contributed by atoms with E-state index in [0.29, 0.717) is 0 Å². The predicted octanol–water partition coefficient (Wildman–Crippen LogP) is 1.32. The van der Waals surface area contributed by atoms with E-state index in [2.05, 4.69) is 24.1 Å². The van der Waals surface area contributed by atoms with Crippen LogP contribution in [-0.4, -0.2) is 40.6 Å². The third kappa shape index (κ3) is 2.83. The lowest BCUT2D eigenvalue weighted by molar-refractivity contribution is 0.429. The van der Waals surface area contributed by atoms with Crippen molar-refractivity contribution in [3.8, 4) is 0 Å². The van der Waals surface area contributed by atoms with Crippen molar-refractivity contribution in [1.29, 1.82) is 0 Å². The summed E-state index contributed by atoms with van der Waals surface area (Å²) in [4.78, 5) is 2.26. The van der Waals surface area contributed by atoms with Crippen LogP contribution in [0.15, 0.2) is 0 Å². The second kappa shape index (κ2) is 4.92. The molecule has 0 saturated carbocycles. The monoisotopic (exact) mass is 204 g/mol. The second-order valence-corrected chi connectivity index (χ2v) is 4.90. The van der Waals surface area contributed by atoms with Crippen LogP contribution >= 0.6 is 24.0 Å². The summed E-state index contributed by atoms with van der Waals surface area (Å²) < 4.78 is 0. The molecule has 1 aliphatic rings. The van der Waals surface area contributed by atoms with Gasteiger partial charge in [-0.3, -0.25) is 0 Å². The molecule has 0 aromatic carbocycles. The lowest BCUT2D eigenvalue weighted by Gasteiger charge is -2.32. The van der Waals surface area contributed by atoms with Crippen molar-refractivity contribution in [1.82, 2.24) is 10.2 Å². The van der Waals surface area contributed by atoms with Gasteiger partial charge in [0.2, 0.25) is 0 Å². The fraction of sp³-hybridized carbons (Fsp3) is 0.875. The van der Waals surface area contributed by atoms with E-state index >= 15 is 0 Å². The third-order valence-corrected chi connectivity index (χ3v) is 3.40. The minimum atomic E-state index is 0.718. The summed E-state index contributed by atoms with van der Waals surface area (Å²) in [6.07, 6.45) is 0. The van der Waals surface area contributed by atoms with Gasteiger partial charge in [0.05, 0.1) is 0 Å². The molecule has 1 aliphatic heterocycles. The highest BCUT2D eigenvalue weighted by molar-refractivity contribution is 8.00. The predicted molar refractivity (Wildman–Crippen MR) is 59.8 cm³/mol. The Labute approximate surface area is 84.1 Å². The van der Waals surface area contributed by atoms with E-state index in [1.54, 1.807) is 0 Å². The zero-order valence-electron chi connectivity index (χ0n) is 7.67. The van der Waals surface area contributed by atoms with Crippen LogP contribution in [0.1, 0.15) is 13.8 Å². The molecule has 12 heavy (non-hydrogen) atoms. The third-order valence-electron chi connectivity index (χ3n) is 1.86. The molecule has 1 unspecified atom stereocenters. The summed E-state index contributed by atoms with van der Waals surface area (Å²) in [6, 6.07) is 0. The average Bonchev–Trinajstić information content (AvgIpc) is 2.05. The number of hydrogen-bond donors (Lipinski definition) is 1. The number of hydrogen-bond acceptors (Lipinski definition) is 2. The van der Waals surface area contributed by atoms with E-state index in [0.717, 1.165) is 30.0 Å². The molecule has 1 heterocycles. The van der Waals surface area contributed by atoms with Crippen LogP contribution < -0.4 is 5.32 Å². The first kappa shape index (κ1) is 10.1. The number of nitrogens with one attached hydrogen (secondary N) is 1. The first-order valence-electron chi connectivity index (χ1n) is 4.38. The highest BCUT2D eigenvalue weighted by atomic mass is 32.2. The van der Waals surface area contributed by atoms with Crippen LogP contribution in [0.25, 0.3) is 0 Å². The maximum Gasteiger partial charge on any atom is 0.168 e. The number of nitrogens with zero attached hydrogens (tertiary/aromatic N) is 1. The molecule has 1 rings (SSSR count). The molecule has 0 aliphatic carbocycles. The van der Waals surface area contributed by atoms with Crippen molar-refractivity contribution in [3.63, 3.8) is 0 Å². The van der Waals surface area contributed by atoms with Gasteiger partial charge in [-0.25, -0.2) is 0 Å². The summed E-state index contributed by atoms with van der Waals surface area (Å²) in [7, 11) is 0. The Morgan fingerprint density at radius 3 is 3.08 bits per heavy atom. The Morgan fingerprint density at radius 1 is 1.75 bits per heavy atom. The lowest BCUT2D eigenvalue weighted by atomic mass is 10.4. The molecule has 0 spiro atoms. The molecule has 0 aromatic heterocycles. The zero-order chi connectivity index (χ0) is 8.97. The molecule has 1 fully saturated rings. The van der Waals surface area contributed by atoms with Crippen LogP contribution in [0.2, 0.25) is 0 Å². The maximum absolute atomic E-state index is 5.23. The zero-order valence-corrected chi connectivity index (χ0v) is 9.30. The molecular weight excluding hydrogens is 188 g/mol. The quantitative estimate of drug-likeness (QED) is 0.648. The molecule has 4 heteroatoms. The maximum atomic E-state index is 5.23. The summed E-state index contributed by atoms with van der Waals surface area (Å²) in [5.41, 5.74) is 0. The Balaban J connectivity index is 2.35. The standard InChI is InChI=1S/C8H16N2S2/c1-3-9-8(11)10-4-5-12-7(2)6-10/h7H,3-6H2,1-2H3,(H,9,11). The Morgan fingerprint density at radius 2 is 2.50 bits per heavy atom. The first-order valence-corrected chi connectivity index (χ1v) is 5.84. The van der Waals surface area contributed by atoms with Crippen molar-refractivity contribution in [2.45, 2.75) is 19.1 Å². The molecular formula is C8H16N2S2. The van der Waals surface area contributed by atoms with Crippen molar-refractivity contribution < 1.29 is 0 Å². The molecule has 0 radical (unpaired) electrons. The Hall–Kier alpha value is 0.0400. The largest absolute Gasteiger partial charge is 0.363 e. The van der Waals surface area contributed by atoms with Crippen LogP contribution in [0, 0.1) is 0 Å². The minimum Gasteiger partial charge on any atom is -0.363 e. The van der Waals surface area contributed by atoms with Gasteiger partial charge in [-0.1, -0.05) is 6.92 Å². The van der Waals surface area contributed by atoms with Crippen molar-refractivity contribution in [2.75, 3.05) is 25.4 Å². The van der Waals surface area contributed by atoms with Crippen LogP contribution in [0.4, 0.5) is 0 Å². The fourth-order valence-electron chi connectivity index (χ4n) is 1.27. The van der Waals surface area contributed by atoms with Crippen molar-refractivity contribution in [3.05, 3.63) is 0 Å². The van der Waals surface area contributed by atoms with Gasteiger partial charge >= 0.3 is 0 Å². The number of rotatable bonds is 1. The van der Waals surface area contributed by atoms with E-state index in [-0.39, 0.29) is 0 Å². The number of thiocarbonyl (C=S) groups is 1. The van der Waals surface area contributed by atoms with Gasteiger partial charge < -0.3 is 10.2 Å². The molecule has 70 valence electrons. The average molecular weight is 204 g/mol. The molecule has 0 amide bonds. The molecule has 2 nitrogen and oxygen atoms in total. The van der Waals surface area contributed by atoms with E-state index in [4.69, 9.17) is 12.2 Å². The molecule has 0 aromatic rings. The topological polar surface area (TPSA) is 15.3 Å². The minimum absolute atomic E-state index is 0.718. The van der Waals surface area contributed by atoms with Gasteiger partial charge in [0, 0.05) is 30.6 Å². The van der Waals surface area contributed by atoms with Crippen LogP contribution in [0.5, 0.6) is 0 Å². The summed E-state index contributed by atoms with van der Waals surface area (Å²) in [6.45, 7) is 7.45. The fourth-order valence-corrected chi connectivity index (χ4v) is 2.59. The van der Waals surface area contributed by atoms with E-state index in [1.807, 2.05) is 11.8 Å². The first-order chi connectivity index (χ1) is 5.74. The van der Waals surface area contributed by atoms with Gasteiger partial charge in [0.1, 0.15) is 0 Å². The van der Waals surface area contributed by atoms with Gasteiger partial charge in [0.25, 0.3) is 0 Å². The SMILES string of the molecule is CCNC(=S)N1CCSC(C)C1. The van der Waals surface area contributed by atoms with Crippen LogP contribution in [-0.2, 0) is 0 Å². The smallest absolute Gasteiger partial charge is 0.168 e. The van der Waals surface area contributed by atoms with Gasteiger partial charge in [-0.05, 0) is 19.1 Å². The van der Waals surface area contributed by atoms with Crippen molar-refractivity contribution in [2.24, 2.45) is 0 Å². The number of thioether (sulfide) groups is 1. The van der Waals surface area contributed by atoms with Crippen molar-refractivity contribution >= 4 is 29.1 Å². The Kier molecular flexibility index (Phi) is 4.15. The summed E-state index contributed by atoms with van der Waals surface area (Å²) in [5, 5.41) is 4.82. The summed E-state index contributed by atoms with van der Waals surface area (Å²) in [5.74, 6) is 1.20. The highest BCUT2D eigenvalue weighted by Gasteiger charge is 2.17. The van der Waals surface area contributed by atoms with E-state index < -0.39 is 0 Å². The highest BCUT2D eigenvalue weighted by Crippen LogP contribution is 2.17. The van der Waals surface area contributed by atoms with E-state index in [1.165, 1.54) is 5.75 Å². The summed E-state index contributed by atoms with van der Waals surface area (Å²) >= 11 is 7.26. The van der Waals surface area contributed by atoms with Gasteiger partial charge in [-0.2, -0.15) is 11.8 Å². The molecule has 1 N–H and O–H groups in total.